The number of ketones is 2. The average Bonchev–Trinajstić information content (AvgIpc) is 2.81. The lowest BCUT2D eigenvalue weighted by Gasteiger charge is -2.09. The van der Waals surface area contributed by atoms with Crippen LogP contribution in [0.25, 0.3) is 0 Å². The summed E-state index contributed by atoms with van der Waals surface area (Å²) in [5, 5.41) is 0. The minimum absolute atomic E-state index is 0.0458. The van der Waals surface area contributed by atoms with E-state index in [9.17, 15) is 19.2 Å². The van der Waals surface area contributed by atoms with E-state index in [4.69, 9.17) is 9.47 Å². The Morgan fingerprint density at radius 3 is 1.20 bits per heavy atom. The fourth-order valence-corrected chi connectivity index (χ4v) is 2.67. The summed E-state index contributed by atoms with van der Waals surface area (Å²) in [6.07, 6.45) is 0. The van der Waals surface area contributed by atoms with E-state index in [-0.39, 0.29) is 22.7 Å². The van der Waals surface area contributed by atoms with E-state index >= 15 is 0 Å². The van der Waals surface area contributed by atoms with Gasteiger partial charge in [-0.2, -0.15) is 0 Å². The molecule has 0 unspecified atom stereocenters. The minimum atomic E-state index is -0.832. The second-order valence-electron chi connectivity index (χ2n) is 6.28. The van der Waals surface area contributed by atoms with Gasteiger partial charge in [-0.1, -0.05) is 72.8 Å². The number of Topliss-reactive ketones (excluding diaryl/α,β-unsaturated/α-hetero) is 2. The molecule has 3 aromatic carbocycles. The first-order chi connectivity index (χ1) is 14.6. The molecule has 0 aromatic heterocycles. The van der Waals surface area contributed by atoms with Gasteiger partial charge in [-0.25, -0.2) is 9.59 Å². The van der Waals surface area contributed by atoms with Crippen LogP contribution >= 0.6 is 0 Å². The van der Waals surface area contributed by atoms with Gasteiger partial charge in [0.15, 0.2) is 24.8 Å². The summed E-state index contributed by atoms with van der Waals surface area (Å²) in [4.78, 5) is 49.0. The van der Waals surface area contributed by atoms with Crippen LogP contribution in [0.1, 0.15) is 41.4 Å². The van der Waals surface area contributed by atoms with Crippen molar-refractivity contribution in [3.63, 3.8) is 0 Å². The Hall–Kier alpha value is -4.06. The first kappa shape index (κ1) is 20.7. The van der Waals surface area contributed by atoms with Crippen LogP contribution in [0.2, 0.25) is 0 Å². The molecule has 0 spiro atoms. The zero-order chi connectivity index (χ0) is 21.3. The fraction of sp³-hybridized carbons (Fsp3) is 0.0833. The Bertz CT molecular complexity index is 971. The van der Waals surface area contributed by atoms with Gasteiger partial charge in [0.2, 0.25) is 0 Å². The lowest BCUT2D eigenvalue weighted by molar-refractivity contribution is 0.0439. The molecule has 0 atom stereocenters. The number of hydrogen-bond acceptors (Lipinski definition) is 6. The molecule has 30 heavy (non-hydrogen) atoms. The maximum absolute atomic E-state index is 12.4. The molecule has 6 heteroatoms. The average molecular weight is 402 g/mol. The Morgan fingerprint density at radius 2 is 0.833 bits per heavy atom. The minimum Gasteiger partial charge on any atom is -0.454 e. The van der Waals surface area contributed by atoms with E-state index in [1.54, 1.807) is 72.8 Å². The van der Waals surface area contributed by atoms with Gasteiger partial charge < -0.3 is 9.47 Å². The highest BCUT2D eigenvalue weighted by molar-refractivity contribution is 6.05. The van der Waals surface area contributed by atoms with Crippen LogP contribution in [0.5, 0.6) is 0 Å². The van der Waals surface area contributed by atoms with Gasteiger partial charge in [0.25, 0.3) is 0 Å². The second kappa shape index (κ2) is 9.93. The largest absolute Gasteiger partial charge is 0.454 e. The summed E-state index contributed by atoms with van der Waals surface area (Å²) >= 11 is 0. The molecular formula is C24H18O6. The number of hydrogen-bond donors (Lipinski definition) is 0. The summed E-state index contributed by atoms with van der Waals surface area (Å²) in [7, 11) is 0. The van der Waals surface area contributed by atoms with Crippen LogP contribution in [0.4, 0.5) is 0 Å². The lowest BCUT2D eigenvalue weighted by Crippen LogP contribution is -2.19. The first-order valence-corrected chi connectivity index (χ1v) is 9.16. The SMILES string of the molecule is O=C(COC(=O)c1ccccc1C(=O)OCC(=O)c1ccccc1)c1ccccc1. The van der Waals surface area contributed by atoms with Gasteiger partial charge >= 0.3 is 11.9 Å². The van der Waals surface area contributed by atoms with E-state index in [2.05, 4.69) is 0 Å². The van der Waals surface area contributed by atoms with Crippen molar-refractivity contribution in [3.05, 3.63) is 107 Å². The lowest BCUT2D eigenvalue weighted by atomic mass is 10.1. The maximum atomic E-state index is 12.4. The Kier molecular flexibility index (Phi) is 6.84. The van der Waals surface area contributed by atoms with Crippen molar-refractivity contribution >= 4 is 23.5 Å². The molecule has 0 aliphatic carbocycles. The molecule has 150 valence electrons. The van der Waals surface area contributed by atoms with Gasteiger partial charge in [-0.15, -0.1) is 0 Å². The van der Waals surface area contributed by atoms with Crippen molar-refractivity contribution in [2.75, 3.05) is 13.2 Å². The third kappa shape index (κ3) is 5.26. The molecule has 3 aromatic rings. The molecule has 0 saturated heterocycles. The van der Waals surface area contributed by atoms with Crippen LogP contribution in [0.15, 0.2) is 84.9 Å². The quantitative estimate of drug-likeness (QED) is 0.421. The third-order valence-corrected chi connectivity index (χ3v) is 4.23. The highest BCUT2D eigenvalue weighted by Gasteiger charge is 2.21. The van der Waals surface area contributed by atoms with Crippen molar-refractivity contribution in [1.82, 2.24) is 0 Å². The van der Waals surface area contributed by atoms with E-state index in [0.717, 1.165) is 0 Å². The molecule has 0 bridgehead atoms. The number of carbonyl (C=O) groups excluding carboxylic acids is 4. The molecule has 3 rings (SSSR count). The normalized spacial score (nSPS) is 10.1. The molecular weight excluding hydrogens is 384 g/mol. The zero-order valence-corrected chi connectivity index (χ0v) is 15.9. The van der Waals surface area contributed by atoms with Crippen molar-refractivity contribution in [2.24, 2.45) is 0 Å². The van der Waals surface area contributed by atoms with Crippen molar-refractivity contribution in [3.8, 4) is 0 Å². The highest BCUT2D eigenvalue weighted by atomic mass is 16.5. The number of rotatable bonds is 8. The van der Waals surface area contributed by atoms with Crippen LogP contribution in [0.3, 0.4) is 0 Å². The van der Waals surface area contributed by atoms with Crippen LogP contribution < -0.4 is 0 Å². The van der Waals surface area contributed by atoms with E-state index in [1.807, 2.05) is 0 Å². The van der Waals surface area contributed by atoms with Crippen molar-refractivity contribution in [1.29, 1.82) is 0 Å². The number of benzene rings is 3. The molecule has 6 nitrogen and oxygen atoms in total. The monoisotopic (exact) mass is 402 g/mol. The summed E-state index contributed by atoms with van der Waals surface area (Å²) in [6.45, 7) is -0.919. The van der Waals surface area contributed by atoms with E-state index < -0.39 is 25.2 Å². The second-order valence-corrected chi connectivity index (χ2v) is 6.28. The van der Waals surface area contributed by atoms with Crippen molar-refractivity contribution < 1.29 is 28.7 Å². The molecule has 0 heterocycles. The predicted molar refractivity (Wildman–Crippen MR) is 109 cm³/mol. The van der Waals surface area contributed by atoms with E-state index in [0.29, 0.717) is 11.1 Å². The molecule has 0 N–H and O–H groups in total. The zero-order valence-electron chi connectivity index (χ0n) is 15.9. The Morgan fingerprint density at radius 1 is 0.500 bits per heavy atom. The fourth-order valence-electron chi connectivity index (χ4n) is 2.67. The summed E-state index contributed by atoms with van der Waals surface area (Å²) in [6, 6.07) is 22.7. The maximum Gasteiger partial charge on any atom is 0.339 e. The Balaban J connectivity index is 1.63. The first-order valence-electron chi connectivity index (χ1n) is 9.16. The molecule has 0 amide bonds. The topological polar surface area (TPSA) is 86.7 Å². The highest BCUT2D eigenvalue weighted by Crippen LogP contribution is 2.13. The van der Waals surface area contributed by atoms with Crippen molar-refractivity contribution in [2.45, 2.75) is 0 Å². The van der Waals surface area contributed by atoms with Gasteiger partial charge in [0.05, 0.1) is 11.1 Å². The van der Waals surface area contributed by atoms with Crippen LogP contribution in [-0.2, 0) is 9.47 Å². The standard InChI is InChI=1S/C24H18O6/c25-21(17-9-3-1-4-10-17)15-29-23(27)19-13-7-8-14-20(19)24(28)30-16-22(26)18-11-5-2-6-12-18/h1-14H,15-16H2. The van der Waals surface area contributed by atoms with Gasteiger partial charge in [0.1, 0.15) is 0 Å². The molecule has 0 saturated carbocycles. The summed E-state index contributed by atoms with van der Waals surface area (Å²) in [5.74, 6) is -2.39. The predicted octanol–water partition coefficient (Wildman–Crippen LogP) is 3.77. The van der Waals surface area contributed by atoms with Gasteiger partial charge in [-0.3, -0.25) is 9.59 Å². The molecule has 0 fully saturated rings. The number of esters is 2. The summed E-state index contributed by atoms with van der Waals surface area (Å²) < 4.78 is 10.1. The number of carbonyl (C=O) groups is 4. The summed E-state index contributed by atoms with van der Waals surface area (Å²) in [5.41, 5.74) is 0.737. The van der Waals surface area contributed by atoms with Gasteiger partial charge in [-0.05, 0) is 12.1 Å². The molecule has 0 aliphatic rings. The van der Waals surface area contributed by atoms with Crippen LogP contribution in [0, 0.1) is 0 Å². The van der Waals surface area contributed by atoms with Gasteiger partial charge in [0, 0.05) is 11.1 Å². The third-order valence-electron chi connectivity index (χ3n) is 4.23. The molecule has 0 radical (unpaired) electrons. The van der Waals surface area contributed by atoms with Crippen LogP contribution in [-0.4, -0.2) is 36.7 Å². The number of ether oxygens (including phenoxy) is 2. The Labute approximate surface area is 173 Å². The van der Waals surface area contributed by atoms with E-state index in [1.165, 1.54) is 12.1 Å². The smallest absolute Gasteiger partial charge is 0.339 e. The molecule has 0 aliphatic heterocycles.